The molecule has 0 spiro atoms. The lowest BCUT2D eigenvalue weighted by molar-refractivity contribution is 0.112. The van der Waals surface area contributed by atoms with Crippen molar-refractivity contribution in [2.75, 3.05) is 21.3 Å². The minimum absolute atomic E-state index is 0.443. The molecule has 0 radical (unpaired) electrons. The van der Waals surface area contributed by atoms with Crippen molar-refractivity contribution in [1.29, 1.82) is 0 Å². The summed E-state index contributed by atoms with van der Waals surface area (Å²) >= 11 is 5.12. The molecular formula is C18H16BrNO4S. The van der Waals surface area contributed by atoms with Crippen molar-refractivity contribution < 1.29 is 19.0 Å². The molecule has 130 valence electrons. The number of aldehydes is 1. The first-order chi connectivity index (χ1) is 12.1. The number of hydrogen-bond donors (Lipinski definition) is 0. The molecule has 0 saturated heterocycles. The Morgan fingerprint density at radius 3 is 2.44 bits per heavy atom. The van der Waals surface area contributed by atoms with Gasteiger partial charge in [-0.1, -0.05) is 0 Å². The zero-order valence-corrected chi connectivity index (χ0v) is 16.3. The number of halogens is 1. The van der Waals surface area contributed by atoms with Crippen molar-refractivity contribution in [1.82, 2.24) is 4.57 Å². The van der Waals surface area contributed by atoms with Crippen molar-refractivity contribution in [2.45, 2.75) is 0 Å². The van der Waals surface area contributed by atoms with Crippen LogP contribution in [0.1, 0.15) is 10.4 Å². The average Bonchev–Trinajstić information content (AvgIpc) is 3.28. The molecule has 2 heterocycles. The summed E-state index contributed by atoms with van der Waals surface area (Å²) < 4.78 is 19.3. The summed E-state index contributed by atoms with van der Waals surface area (Å²) in [5.74, 6) is 1.34. The minimum atomic E-state index is 0.443. The highest BCUT2D eigenvalue weighted by atomic mass is 79.9. The largest absolute Gasteiger partial charge is 0.493 e. The molecule has 0 saturated carbocycles. The van der Waals surface area contributed by atoms with Gasteiger partial charge in [-0.25, -0.2) is 0 Å². The fraction of sp³-hybridized carbons (Fsp3) is 0.167. The van der Waals surface area contributed by atoms with Crippen molar-refractivity contribution in [2.24, 2.45) is 0 Å². The summed E-state index contributed by atoms with van der Waals surface area (Å²) in [5.41, 5.74) is 1.92. The van der Waals surface area contributed by atoms with Crippen molar-refractivity contribution in [3.05, 3.63) is 45.9 Å². The quantitative estimate of drug-likeness (QED) is 0.536. The number of ether oxygens (including phenoxy) is 3. The highest BCUT2D eigenvalue weighted by Gasteiger charge is 2.24. The van der Waals surface area contributed by atoms with Gasteiger partial charge in [-0.3, -0.25) is 4.79 Å². The Kier molecular flexibility index (Phi) is 5.15. The van der Waals surface area contributed by atoms with E-state index in [-0.39, 0.29) is 0 Å². The van der Waals surface area contributed by atoms with Crippen molar-refractivity contribution in [3.8, 4) is 33.5 Å². The molecule has 0 amide bonds. The number of carbonyl (C=O) groups excluding carboxylic acids is 1. The maximum atomic E-state index is 11.8. The van der Waals surface area contributed by atoms with E-state index in [0.29, 0.717) is 28.4 Å². The molecule has 3 rings (SSSR count). The number of carbonyl (C=O) groups is 1. The highest BCUT2D eigenvalue weighted by Crippen LogP contribution is 2.47. The van der Waals surface area contributed by atoms with E-state index >= 15 is 0 Å². The number of nitrogens with zero attached hydrogens (tertiary/aromatic N) is 1. The molecule has 0 N–H and O–H groups in total. The van der Waals surface area contributed by atoms with E-state index in [2.05, 4.69) is 15.9 Å². The normalized spacial score (nSPS) is 10.6. The number of hydrogen-bond acceptors (Lipinski definition) is 5. The fourth-order valence-electron chi connectivity index (χ4n) is 2.74. The highest BCUT2D eigenvalue weighted by molar-refractivity contribution is 9.10. The topological polar surface area (TPSA) is 49.7 Å². The molecule has 3 aromatic rings. The van der Waals surface area contributed by atoms with Crippen LogP contribution in [-0.4, -0.2) is 32.2 Å². The summed E-state index contributed by atoms with van der Waals surface area (Å²) in [6.45, 7) is 0. The second kappa shape index (κ2) is 7.33. The van der Waals surface area contributed by atoms with E-state index < -0.39 is 0 Å². The third-order valence-corrected chi connectivity index (χ3v) is 5.07. The lowest BCUT2D eigenvalue weighted by Gasteiger charge is -2.18. The molecular weight excluding hydrogens is 406 g/mol. The Balaban J connectivity index is 2.36. The Morgan fingerprint density at radius 1 is 1.12 bits per heavy atom. The maximum Gasteiger partial charge on any atom is 0.204 e. The van der Waals surface area contributed by atoms with E-state index in [4.69, 9.17) is 14.2 Å². The van der Waals surface area contributed by atoms with E-state index in [9.17, 15) is 4.79 Å². The number of aromatic nitrogens is 1. The van der Waals surface area contributed by atoms with Gasteiger partial charge in [0.1, 0.15) is 0 Å². The van der Waals surface area contributed by atoms with Crippen LogP contribution in [0.3, 0.4) is 0 Å². The first-order valence-electron chi connectivity index (χ1n) is 7.34. The second-order valence-electron chi connectivity index (χ2n) is 5.09. The molecule has 7 heteroatoms. The van der Waals surface area contributed by atoms with Crippen LogP contribution in [0.15, 0.2) is 40.3 Å². The molecule has 0 bridgehead atoms. The Labute approximate surface area is 157 Å². The van der Waals surface area contributed by atoms with Crippen LogP contribution >= 0.6 is 27.3 Å². The van der Waals surface area contributed by atoms with E-state index in [1.165, 1.54) is 7.11 Å². The smallest absolute Gasteiger partial charge is 0.204 e. The first kappa shape index (κ1) is 17.6. The maximum absolute atomic E-state index is 11.8. The lowest BCUT2D eigenvalue weighted by atomic mass is 10.0. The Hall–Kier alpha value is -2.25. The summed E-state index contributed by atoms with van der Waals surface area (Å²) in [6.07, 6.45) is 2.74. The number of rotatable bonds is 6. The van der Waals surface area contributed by atoms with Gasteiger partial charge in [0, 0.05) is 16.2 Å². The van der Waals surface area contributed by atoms with Crippen molar-refractivity contribution in [3.63, 3.8) is 0 Å². The number of benzene rings is 1. The minimum Gasteiger partial charge on any atom is -0.493 e. The first-order valence-corrected chi connectivity index (χ1v) is 9.02. The summed E-state index contributed by atoms with van der Waals surface area (Å²) in [7, 11) is 4.61. The van der Waals surface area contributed by atoms with Gasteiger partial charge in [-0.15, -0.1) is 11.3 Å². The SMILES string of the molecule is COc1cc(C=O)c(-c2cc(Br)cn2-c2cccs2)c(OC)c1OC. The van der Waals surface area contributed by atoms with E-state index in [1.807, 2.05) is 34.3 Å². The van der Waals surface area contributed by atoms with Crippen LogP contribution in [0, 0.1) is 0 Å². The van der Waals surface area contributed by atoms with Crippen LogP contribution < -0.4 is 14.2 Å². The third kappa shape index (κ3) is 3.05. The molecule has 5 nitrogen and oxygen atoms in total. The molecule has 0 aliphatic heterocycles. The van der Waals surface area contributed by atoms with Gasteiger partial charge in [0.2, 0.25) is 5.75 Å². The predicted octanol–water partition coefficient (Wildman–Crippen LogP) is 4.81. The van der Waals surface area contributed by atoms with E-state index in [0.717, 1.165) is 21.5 Å². The Bertz CT molecular complexity index is 902. The van der Waals surface area contributed by atoms with E-state index in [1.54, 1.807) is 31.6 Å². The summed E-state index contributed by atoms with van der Waals surface area (Å²) in [6, 6.07) is 7.58. The zero-order chi connectivity index (χ0) is 18.0. The number of methoxy groups -OCH3 is 3. The molecule has 0 unspecified atom stereocenters. The predicted molar refractivity (Wildman–Crippen MR) is 102 cm³/mol. The molecule has 1 aromatic carbocycles. The van der Waals surface area contributed by atoms with Crippen LogP contribution in [0.5, 0.6) is 17.2 Å². The Morgan fingerprint density at radius 2 is 1.88 bits per heavy atom. The lowest BCUT2D eigenvalue weighted by Crippen LogP contribution is -2.03. The molecule has 0 aliphatic carbocycles. The second-order valence-corrected chi connectivity index (χ2v) is 6.93. The van der Waals surface area contributed by atoms with Crippen LogP contribution in [0.25, 0.3) is 16.3 Å². The average molecular weight is 422 g/mol. The fourth-order valence-corrected chi connectivity index (χ4v) is 3.88. The van der Waals surface area contributed by atoms with Gasteiger partial charge in [0.15, 0.2) is 17.8 Å². The van der Waals surface area contributed by atoms with Gasteiger partial charge in [-0.05, 0) is 45.6 Å². The van der Waals surface area contributed by atoms with Crippen LogP contribution in [-0.2, 0) is 0 Å². The zero-order valence-electron chi connectivity index (χ0n) is 13.9. The van der Waals surface area contributed by atoms with Crippen LogP contribution in [0.2, 0.25) is 0 Å². The summed E-state index contributed by atoms with van der Waals surface area (Å²) in [5, 5.41) is 3.02. The molecule has 0 fully saturated rings. The monoisotopic (exact) mass is 421 g/mol. The van der Waals surface area contributed by atoms with Gasteiger partial charge in [-0.2, -0.15) is 0 Å². The third-order valence-electron chi connectivity index (χ3n) is 3.77. The number of thiophene rings is 1. The van der Waals surface area contributed by atoms with Crippen LogP contribution in [0.4, 0.5) is 0 Å². The standard InChI is InChI=1S/C18H16BrNO4S/c1-22-14-7-11(10-21)16(18(24-3)17(14)23-2)13-8-12(19)9-20(13)15-5-4-6-25-15/h4-10H,1-3H3. The molecule has 2 aromatic heterocycles. The molecule has 0 aliphatic rings. The van der Waals surface area contributed by atoms with Gasteiger partial charge >= 0.3 is 0 Å². The molecule has 0 atom stereocenters. The van der Waals surface area contributed by atoms with Crippen molar-refractivity contribution >= 4 is 33.6 Å². The molecule has 25 heavy (non-hydrogen) atoms. The summed E-state index contributed by atoms with van der Waals surface area (Å²) in [4.78, 5) is 11.8. The van der Waals surface area contributed by atoms with Gasteiger partial charge in [0.05, 0.1) is 37.6 Å². The van der Waals surface area contributed by atoms with Gasteiger partial charge < -0.3 is 18.8 Å². The van der Waals surface area contributed by atoms with Gasteiger partial charge in [0.25, 0.3) is 0 Å².